The zero-order chi connectivity index (χ0) is 15.0. The summed E-state index contributed by atoms with van der Waals surface area (Å²) in [6.07, 6.45) is 0. The molecule has 0 aromatic heterocycles. The summed E-state index contributed by atoms with van der Waals surface area (Å²) in [5.41, 5.74) is 0. The first-order chi connectivity index (χ1) is 9.50. The lowest BCUT2D eigenvalue weighted by Crippen LogP contribution is -2.43. The number of carboxylic acids is 1. The van der Waals surface area contributed by atoms with Gasteiger partial charge in [-0.25, -0.2) is 0 Å². The highest BCUT2D eigenvalue weighted by Crippen LogP contribution is 2.07. The van der Waals surface area contributed by atoms with Crippen LogP contribution in [0.25, 0.3) is 0 Å². The average molecular weight is 317 g/mol. The van der Waals surface area contributed by atoms with E-state index < -0.39 is 12.0 Å². The molecule has 0 aliphatic rings. The summed E-state index contributed by atoms with van der Waals surface area (Å²) in [7, 11) is 1.60. The molecule has 1 aromatic rings. The van der Waals surface area contributed by atoms with E-state index in [1.54, 1.807) is 7.05 Å². The lowest BCUT2D eigenvalue weighted by Gasteiger charge is -2.20. The molecule has 2 N–H and O–H groups in total. The van der Waals surface area contributed by atoms with Gasteiger partial charge in [0.25, 0.3) is 0 Å². The van der Waals surface area contributed by atoms with E-state index in [9.17, 15) is 9.59 Å². The summed E-state index contributed by atoms with van der Waals surface area (Å²) < 4.78 is 5.42. The Bertz CT molecular complexity index is 442. The normalized spacial score (nSPS) is 11.4. The molecule has 0 aliphatic heterocycles. The minimum absolute atomic E-state index is 0. The first kappa shape index (κ1) is 19.2. The van der Waals surface area contributed by atoms with Crippen LogP contribution in [-0.2, 0) is 9.59 Å². The van der Waals surface area contributed by atoms with Gasteiger partial charge in [-0.1, -0.05) is 18.2 Å². The molecule has 1 rings (SSSR count). The molecule has 1 atom stereocenters. The lowest BCUT2D eigenvalue weighted by molar-refractivity contribution is -0.142. The maximum Gasteiger partial charge on any atom is 0.320 e. The van der Waals surface area contributed by atoms with E-state index in [2.05, 4.69) is 5.32 Å². The number of amides is 1. The Kier molecular flexibility index (Phi) is 9.16. The third kappa shape index (κ3) is 7.53. The van der Waals surface area contributed by atoms with Crippen LogP contribution in [0.5, 0.6) is 5.75 Å². The molecule has 0 bridgehead atoms. The molecule has 1 unspecified atom stereocenters. The molecule has 0 spiro atoms. The van der Waals surface area contributed by atoms with Crippen molar-refractivity contribution in [1.29, 1.82) is 0 Å². The molecule has 6 nitrogen and oxygen atoms in total. The zero-order valence-corrected chi connectivity index (χ0v) is 12.9. The van der Waals surface area contributed by atoms with Gasteiger partial charge in [-0.15, -0.1) is 12.4 Å². The topological polar surface area (TPSA) is 78.9 Å². The number of para-hydroxylation sites is 1. The zero-order valence-electron chi connectivity index (χ0n) is 12.1. The number of aliphatic carboxylic acids is 1. The van der Waals surface area contributed by atoms with Crippen LogP contribution in [-0.4, -0.2) is 54.7 Å². The molecule has 0 aliphatic carbocycles. The monoisotopic (exact) mass is 316 g/mol. The highest BCUT2D eigenvalue weighted by atomic mass is 35.5. The molecular formula is C14H21ClN2O4. The van der Waals surface area contributed by atoms with E-state index in [0.29, 0.717) is 13.2 Å². The van der Waals surface area contributed by atoms with Crippen molar-refractivity contribution < 1.29 is 19.4 Å². The second-order valence-electron chi connectivity index (χ2n) is 4.44. The fourth-order valence-electron chi connectivity index (χ4n) is 1.48. The Balaban J connectivity index is 0.00000400. The third-order valence-electron chi connectivity index (χ3n) is 2.85. The van der Waals surface area contributed by atoms with Crippen molar-refractivity contribution >= 4 is 24.3 Å². The van der Waals surface area contributed by atoms with Gasteiger partial charge in [-0.3, -0.25) is 14.5 Å². The summed E-state index contributed by atoms with van der Waals surface area (Å²) in [4.78, 5) is 23.8. The molecule has 0 radical (unpaired) electrons. The van der Waals surface area contributed by atoms with Crippen molar-refractivity contribution in [1.82, 2.24) is 10.2 Å². The molecule has 118 valence electrons. The molecular weight excluding hydrogens is 296 g/mol. The maximum absolute atomic E-state index is 11.6. The van der Waals surface area contributed by atoms with Crippen molar-refractivity contribution in [3.63, 3.8) is 0 Å². The van der Waals surface area contributed by atoms with Crippen LogP contribution in [0.4, 0.5) is 0 Å². The third-order valence-corrected chi connectivity index (χ3v) is 2.85. The molecule has 7 heteroatoms. The highest BCUT2D eigenvalue weighted by molar-refractivity contribution is 5.85. The number of likely N-dealkylation sites (N-methyl/N-ethyl adjacent to an activating group) is 1. The molecule has 1 amide bonds. The summed E-state index contributed by atoms with van der Waals surface area (Å²) in [6, 6.07) is 8.62. The molecule has 0 saturated heterocycles. The predicted octanol–water partition coefficient (Wildman–Crippen LogP) is 1.01. The molecule has 0 saturated carbocycles. The molecule has 0 fully saturated rings. The van der Waals surface area contributed by atoms with Crippen LogP contribution in [0.15, 0.2) is 30.3 Å². The molecule has 21 heavy (non-hydrogen) atoms. The maximum atomic E-state index is 11.6. The van der Waals surface area contributed by atoms with Gasteiger partial charge < -0.3 is 15.2 Å². The first-order valence-corrected chi connectivity index (χ1v) is 6.38. The Labute approximate surface area is 130 Å². The summed E-state index contributed by atoms with van der Waals surface area (Å²) in [5.74, 6) is -0.427. The number of ether oxygens (including phenoxy) is 1. The van der Waals surface area contributed by atoms with E-state index in [4.69, 9.17) is 9.84 Å². The lowest BCUT2D eigenvalue weighted by atomic mass is 10.3. The second kappa shape index (κ2) is 10.0. The Morgan fingerprint density at radius 3 is 2.52 bits per heavy atom. The summed E-state index contributed by atoms with van der Waals surface area (Å²) in [6.45, 7) is 2.32. The van der Waals surface area contributed by atoms with Gasteiger partial charge in [0, 0.05) is 0 Å². The van der Waals surface area contributed by atoms with Gasteiger partial charge in [0.05, 0.1) is 13.1 Å². The van der Waals surface area contributed by atoms with Crippen molar-refractivity contribution in [3.8, 4) is 5.75 Å². The number of rotatable bonds is 8. The number of hydrogen-bond acceptors (Lipinski definition) is 4. The number of benzene rings is 1. The van der Waals surface area contributed by atoms with Crippen LogP contribution < -0.4 is 10.1 Å². The Hall–Kier alpha value is -1.79. The molecule has 0 heterocycles. The number of carboxylic acid groups (broad SMARTS) is 1. The predicted molar refractivity (Wildman–Crippen MR) is 81.9 cm³/mol. The van der Waals surface area contributed by atoms with E-state index >= 15 is 0 Å². The van der Waals surface area contributed by atoms with Crippen molar-refractivity contribution in [2.24, 2.45) is 0 Å². The van der Waals surface area contributed by atoms with E-state index in [1.807, 2.05) is 30.3 Å². The van der Waals surface area contributed by atoms with Gasteiger partial charge in [0.15, 0.2) is 0 Å². The van der Waals surface area contributed by atoms with Crippen molar-refractivity contribution in [2.45, 2.75) is 13.0 Å². The van der Waals surface area contributed by atoms with Crippen LogP contribution in [0.1, 0.15) is 6.92 Å². The number of nitrogens with one attached hydrogen (secondary N) is 1. The average Bonchev–Trinajstić information content (AvgIpc) is 2.43. The quantitative estimate of drug-likeness (QED) is 0.700. The van der Waals surface area contributed by atoms with Crippen LogP contribution in [0, 0.1) is 0 Å². The van der Waals surface area contributed by atoms with Gasteiger partial charge in [-0.2, -0.15) is 0 Å². The number of carbonyl (C=O) groups excluding carboxylic acids is 1. The van der Waals surface area contributed by atoms with E-state index in [0.717, 1.165) is 5.75 Å². The largest absolute Gasteiger partial charge is 0.492 e. The van der Waals surface area contributed by atoms with Gasteiger partial charge >= 0.3 is 5.97 Å². The minimum atomic E-state index is -0.951. The number of nitrogens with zero attached hydrogens (tertiary/aromatic N) is 1. The smallest absolute Gasteiger partial charge is 0.320 e. The summed E-state index contributed by atoms with van der Waals surface area (Å²) >= 11 is 0. The van der Waals surface area contributed by atoms with Crippen LogP contribution in [0.3, 0.4) is 0 Å². The van der Waals surface area contributed by atoms with Gasteiger partial charge in [0.1, 0.15) is 18.4 Å². The van der Waals surface area contributed by atoms with Crippen molar-refractivity contribution in [3.05, 3.63) is 30.3 Å². The fourth-order valence-corrected chi connectivity index (χ4v) is 1.48. The van der Waals surface area contributed by atoms with Crippen LogP contribution in [0.2, 0.25) is 0 Å². The minimum Gasteiger partial charge on any atom is -0.492 e. The standard InChI is InChI=1S/C14H20N2O4.ClH/c1-11(14(18)19)16(2)10-13(17)15-8-9-20-12-6-4-3-5-7-12;/h3-7,11H,8-10H2,1-2H3,(H,15,17)(H,18,19);1H. The number of hydrogen-bond donors (Lipinski definition) is 2. The Morgan fingerprint density at radius 2 is 1.95 bits per heavy atom. The van der Waals surface area contributed by atoms with E-state index in [-0.39, 0.29) is 24.9 Å². The van der Waals surface area contributed by atoms with Gasteiger partial charge in [-0.05, 0) is 26.1 Å². The number of halogens is 1. The van der Waals surface area contributed by atoms with Crippen LogP contribution >= 0.6 is 12.4 Å². The summed E-state index contributed by atoms with van der Waals surface area (Å²) in [5, 5.41) is 11.5. The van der Waals surface area contributed by atoms with Crippen molar-refractivity contribution in [2.75, 3.05) is 26.7 Å². The Morgan fingerprint density at radius 1 is 1.33 bits per heavy atom. The second-order valence-corrected chi connectivity index (χ2v) is 4.44. The highest BCUT2D eigenvalue weighted by Gasteiger charge is 2.18. The number of carbonyl (C=O) groups is 2. The fraction of sp³-hybridized carbons (Fsp3) is 0.429. The SMILES string of the molecule is CC(C(=O)O)N(C)CC(=O)NCCOc1ccccc1.Cl. The molecule has 1 aromatic carbocycles. The first-order valence-electron chi connectivity index (χ1n) is 6.38. The van der Waals surface area contributed by atoms with E-state index in [1.165, 1.54) is 11.8 Å². The van der Waals surface area contributed by atoms with Gasteiger partial charge in [0.2, 0.25) is 5.91 Å².